The van der Waals surface area contributed by atoms with Gasteiger partial charge in [0, 0.05) is 13.3 Å². The van der Waals surface area contributed by atoms with E-state index in [0.29, 0.717) is 24.2 Å². The summed E-state index contributed by atoms with van der Waals surface area (Å²) in [5, 5.41) is 0.373. The van der Waals surface area contributed by atoms with E-state index >= 15 is 0 Å². The maximum Gasteiger partial charge on any atom is 0.303 e. The summed E-state index contributed by atoms with van der Waals surface area (Å²) in [6.07, 6.45) is 2.29. The monoisotopic (exact) mass is 426 g/mol. The number of hydrogen-bond acceptors (Lipinski definition) is 7. The van der Waals surface area contributed by atoms with Crippen molar-refractivity contribution < 1.29 is 18.7 Å². The summed E-state index contributed by atoms with van der Waals surface area (Å²) in [6, 6.07) is 0. The molecule has 3 rings (SSSR count). The molecule has 2 aromatic rings. The summed E-state index contributed by atoms with van der Waals surface area (Å²) in [5.74, 6) is -0.360. The highest BCUT2D eigenvalue weighted by Gasteiger charge is 2.42. The molecule has 28 heavy (non-hydrogen) atoms. The van der Waals surface area contributed by atoms with Crippen molar-refractivity contribution in [2.24, 2.45) is 0 Å². The van der Waals surface area contributed by atoms with Crippen molar-refractivity contribution in [1.82, 2.24) is 19.5 Å². The number of imidazole rings is 1. The van der Waals surface area contributed by atoms with Crippen LogP contribution in [0, 0.1) is 0 Å². The van der Waals surface area contributed by atoms with Gasteiger partial charge in [-0.1, -0.05) is 32.4 Å². The maximum absolute atomic E-state index is 11.6. The Morgan fingerprint density at radius 3 is 2.71 bits per heavy atom. The van der Waals surface area contributed by atoms with E-state index in [-0.39, 0.29) is 22.3 Å². The molecule has 0 saturated carbocycles. The van der Waals surface area contributed by atoms with E-state index in [9.17, 15) is 4.79 Å². The molecule has 0 aromatic carbocycles. The fraction of sp³-hybridized carbons (Fsp3) is 0.667. The van der Waals surface area contributed by atoms with Crippen LogP contribution in [0.25, 0.3) is 11.2 Å². The van der Waals surface area contributed by atoms with Crippen LogP contribution in [0.15, 0.2) is 12.7 Å². The van der Waals surface area contributed by atoms with Crippen LogP contribution < -0.4 is 0 Å². The highest BCUT2D eigenvalue weighted by molar-refractivity contribution is 6.74. The second kappa shape index (κ2) is 7.70. The summed E-state index contributed by atoms with van der Waals surface area (Å²) in [5.41, 5.74) is 1.02. The van der Waals surface area contributed by atoms with Crippen LogP contribution in [0.5, 0.6) is 0 Å². The number of halogens is 1. The predicted octanol–water partition coefficient (Wildman–Crippen LogP) is 3.72. The van der Waals surface area contributed by atoms with Gasteiger partial charge in [0.1, 0.15) is 17.9 Å². The van der Waals surface area contributed by atoms with Gasteiger partial charge >= 0.3 is 5.97 Å². The van der Waals surface area contributed by atoms with Crippen LogP contribution in [0.4, 0.5) is 0 Å². The highest BCUT2D eigenvalue weighted by Crippen LogP contribution is 2.38. The number of esters is 1. The average Bonchev–Trinajstić information content (AvgIpc) is 3.16. The van der Waals surface area contributed by atoms with Gasteiger partial charge in [0.05, 0.1) is 19.0 Å². The Morgan fingerprint density at radius 1 is 1.36 bits per heavy atom. The van der Waals surface area contributed by atoms with Crippen molar-refractivity contribution in [1.29, 1.82) is 0 Å². The lowest BCUT2D eigenvalue weighted by Crippen LogP contribution is -2.42. The molecule has 3 atom stereocenters. The molecule has 1 saturated heterocycles. The molecule has 0 unspecified atom stereocenters. The molecule has 154 valence electrons. The van der Waals surface area contributed by atoms with Gasteiger partial charge in [0.2, 0.25) is 0 Å². The molecule has 0 amide bonds. The summed E-state index contributed by atoms with van der Waals surface area (Å²) >= 11 is 6.10. The van der Waals surface area contributed by atoms with Gasteiger partial charge in [-0.15, -0.1) is 0 Å². The fourth-order valence-electron chi connectivity index (χ4n) is 2.91. The van der Waals surface area contributed by atoms with Gasteiger partial charge in [-0.2, -0.15) is 0 Å². The quantitative estimate of drug-likeness (QED) is 0.409. The van der Waals surface area contributed by atoms with Crippen molar-refractivity contribution >= 4 is 37.1 Å². The molecular formula is C18H27ClN4O4Si. The SMILES string of the molecule is CC(=O)O[C@@H]1C[C@@H](CO[Si](C)(C)C(C)(C)C)O[C@H]1n1cnc2c(Cl)ncnc21. The first-order valence-corrected chi connectivity index (χ1v) is 12.6. The number of aromatic nitrogens is 4. The van der Waals surface area contributed by atoms with E-state index < -0.39 is 20.6 Å². The topological polar surface area (TPSA) is 88.4 Å². The minimum absolute atomic E-state index is 0.106. The number of ether oxygens (including phenoxy) is 2. The lowest BCUT2D eigenvalue weighted by atomic mass is 10.2. The zero-order chi connectivity index (χ0) is 20.7. The van der Waals surface area contributed by atoms with Crippen molar-refractivity contribution in [3.63, 3.8) is 0 Å². The first-order valence-electron chi connectivity index (χ1n) is 9.29. The third kappa shape index (κ3) is 4.22. The normalized spacial score (nSPS) is 23.3. The standard InChI is InChI=1S/C18H27ClN4O4Si/c1-11(24)26-13-7-12(8-25-28(5,6)18(2,3)4)27-17(13)23-10-22-14-15(19)20-9-21-16(14)23/h9-10,12-13,17H,7-8H2,1-6H3/t12-,13+,17+/m0/s1. The lowest BCUT2D eigenvalue weighted by Gasteiger charge is -2.36. The molecule has 0 N–H and O–H groups in total. The Balaban J connectivity index is 1.81. The second-order valence-corrected chi connectivity index (χ2v) is 13.8. The third-order valence-electron chi connectivity index (χ3n) is 5.49. The minimum Gasteiger partial charge on any atom is -0.458 e. The summed E-state index contributed by atoms with van der Waals surface area (Å²) in [4.78, 5) is 24.1. The molecule has 0 radical (unpaired) electrons. The number of carbonyl (C=O) groups excluding carboxylic acids is 1. The molecule has 10 heteroatoms. The molecule has 0 spiro atoms. The Morgan fingerprint density at radius 2 is 2.07 bits per heavy atom. The van der Waals surface area contributed by atoms with Crippen LogP contribution in [-0.2, 0) is 18.7 Å². The van der Waals surface area contributed by atoms with E-state index in [1.807, 2.05) is 0 Å². The molecule has 1 aliphatic heterocycles. The van der Waals surface area contributed by atoms with Gasteiger partial charge in [-0.3, -0.25) is 9.36 Å². The van der Waals surface area contributed by atoms with Crippen molar-refractivity contribution in [2.75, 3.05) is 6.61 Å². The smallest absolute Gasteiger partial charge is 0.303 e. The van der Waals surface area contributed by atoms with E-state index in [1.165, 1.54) is 13.3 Å². The first-order chi connectivity index (χ1) is 13.0. The minimum atomic E-state index is -1.91. The van der Waals surface area contributed by atoms with Crippen LogP contribution in [-0.4, -0.2) is 52.6 Å². The highest BCUT2D eigenvalue weighted by atomic mass is 35.5. The lowest BCUT2D eigenvalue weighted by molar-refractivity contribution is -0.152. The van der Waals surface area contributed by atoms with E-state index in [1.54, 1.807) is 10.9 Å². The predicted molar refractivity (Wildman–Crippen MR) is 108 cm³/mol. The summed E-state index contributed by atoms with van der Waals surface area (Å²) in [6.45, 7) is 12.8. The van der Waals surface area contributed by atoms with Crippen LogP contribution >= 0.6 is 11.6 Å². The maximum atomic E-state index is 11.6. The molecule has 0 bridgehead atoms. The molecule has 2 aromatic heterocycles. The second-order valence-electron chi connectivity index (χ2n) is 8.59. The van der Waals surface area contributed by atoms with Crippen molar-refractivity contribution in [3.8, 4) is 0 Å². The molecule has 3 heterocycles. The van der Waals surface area contributed by atoms with Crippen molar-refractivity contribution in [3.05, 3.63) is 17.8 Å². The van der Waals surface area contributed by atoms with Crippen LogP contribution in [0.2, 0.25) is 23.3 Å². The van der Waals surface area contributed by atoms with Gasteiger partial charge in [-0.25, -0.2) is 15.0 Å². The number of carbonyl (C=O) groups is 1. The fourth-order valence-corrected chi connectivity index (χ4v) is 4.13. The van der Waals surface area contributed by atoms with Gasteiger partial charge in [0.15, 0.2) is 25.3 Å². The van der Waals surface area contributed by atoms with Gasteiger partial charge in [0.25, 0.3) is 0 Å². The average molecular weight is 427 g/mol. The van der Waals surface area contributed by atoms with Crippen LogP contribution in [0.3, 0.4) is 0 Å². The molecular weight excluding hydrogens is 400 g/mol. The van der Waals surface area contributed by atoms with Gasteiger partial charge < -0.3 is 13.9 Å². The Kier molecular flexibility index (Phi) is 5.82. The Bertz CT molecular complexity index is 867. The van der Waals surface area contributed by atoms with Crippen LogP contribution in [0.1, 0.15) is 40.3 Å². The zero-order valence-electron chi connectivity index (χ0n) is 17.1. The number of nitrogens with zero attached hydrogens (tertiary/aromatic N) is 4. The molecule has 0 aliphatic carbocycles. The van der Waals surface area contributed by atoms with E-state index in [2.05, 4.69) is 48.8 Å². The third-order valence-corrected chi connectivity index (χ3v) is 10.3. The number of rotatable bonds is 5. The zero-order valence-corrected chi connectivity index (χ0v) is 18.9. The molecule has 8 nitrogen and oxygen atoms in total. The summed E-state index contributed by atoms with van der Waals surface area (Å²) in [7, 11) is -1.91. The van der Waals surface area contributed by atoms with E-state index in [0.717, 1.165) is 0 Å². The molecule has 1 aliphatic rings. The molecule has 1 fully saturated rings. The Hall–Kier alpha value is -1.55. The van der Waals surface area contributed by atoms with Crippen molar-refractivity contribution in [2.45, 2.75) is 70.7 Å². The van der Waals surface area contributed by atoms with E-state index in [4.69, 9.17) is 25.5 Å². The number of fused-ring (bicyclic) bond motifs is 1. The first kappa shape index (κ1) is 21.2. The largest absolute Gasteiger partial charge is 0.458 e. The van der Waals surface area contributed by atoms with Gasteiger partial charge in [-0.05, 0) is 18.1 Å². The summed E-state index contributed by atoms with van der Waals surface area (Å²) < 4.78 is 19.8. The Labute approximate surface area is 170 Å². The number of hydrogen-bond donors (Lipinski definition) is 0.